The molecule has 1 heterocycles. The van der Waals surface area contributed by atoms with E-state index >= 15 is 0 Å². The third-order valence-corrected chi connectivity index (χ3v) is 2.91. The lowest BCUT2D eigenvalue weighted by molar-refractivity contribution is -0.124. The number of fused-ring (bicyclic) bond motifs is 1. The first-order valence-electron chi connectivity index (χ1n) is 6.06. The van der Waals surface area contributed by atoms with Crippen molar-refractivity contribution in [3.05, 3.63) is 23.3 Å². The fraction of sp³-hybridized carbons (Fsp3) is 0.500. The number of hydrogen-bond donors (Lipinski definition) is 1. The fourth-order valence-electron chi connectivity index (χ4n) is 2.20. The van der Waals surface area contributed by atoms with Gasteiger partial charge in [-0.25, -0.2) is 0 Å². The zero-order chi connectivity index (χ0) is 12.6. The predicted molar refractivity (Wildman–Crippen MR) is 68.4 cm³/mol. The number of aryl methyl sites for hydroxylation is 2. The monoisotopic (exact) mass is 233 g/mol. The molecule has 0 bridgehead atoms. The topological polar surface area (TPSA) is 38.3 Å². The van der Waals surface area contributed by atoms with E-state index in [2.05, 4.69) is 25.2 Å². The van der Waals surface area contributed by atoms with Crippen LogP contribution in [0.3, 0.4) is 0 Å². The molecule has 0 aliphatic carbocycles. The second-order valence-corrected chi connectivity index (χ2v) is 5.18. The van der Waals surface area contributed by atoms with Gasteiger partial charge in [-0.2, -0.15) is 0 Å². The molecule has 92 valence electrons. The van der Waals surface area contributed by atoms with Crippen LogP contribution in [0.15, 0.2) is 12.1 Å². The largest absolute Gasteiger partial charge is 0.478 e. The van der Waals surface area contributed by atoms with Gasteiger partial charge in [0.15, 0.2) is 6.10 Å². The Labute approximate surface area is 102 Å². The summed E-state index contributed by atoms with van der Waals surface area (Å²) in [5, 5.41) is 2.93. The third kappa shape index (κ3) is 2.43. The van der Waals surface area contributed by atoms with E-state index in [0.29, 0.717) is 5.92 Å². The van der Waals surface area contributed by atoms with Gasteiger partial charge in [0, 0.05) is 0 Å². The first-order chi connectivity index (χ1) is 7.97. The summed E-state index contributed by atoms with van der Waals surface area (Å²) in [7, 11) is 0. The average Bonchev–Trinajstić information content (AvgIpc) is 2.19. The lowest BCUT2D eigenvalue weighted by atomic mass is 10.0. The van der Waals surface area contributed by atoms with Crippen LogP contribution in [0.2, 0.25) is 0 Å². The van der Waals surface area contributed by atoms with Gasteiger partial charge in [-0.3, -0.25) is 4.79 Å². The van der Waals surface area contributed by atoms with Crippen molar-refractivity contribution < 1.29 is 9.53 Å². The molecule has 1 N–H and O–H groups in total. The highest BCUT2D eigenvalue weighted by atomic mass is 16.5. The lowest BCUT2D eigenvalue weighted by Gasteiger charge is -2.28. The van der Waals surface area contributed by atoms with Crippen LogP contribution >= 0.6 is 0 Å². The van der Waals surface area contributed by atoms with Gasteiger partial charge in [0.05, 0.1) is 5.69 Å². The van der Waals surface area contributed by atoms with Gasteiger partial charge in [0.1, 0.15) is 5.75 Å². The normalized spacial score (nSPS) is 18.6. The standard InChI is InChI=1S/C14H19NO2/c1-8(2)5-12-14(16)15-11-7-9(3)6-10(4)13(11)17-12/h6-8,12H,5H2,1-4H3,(H,15,16)/t12-/m1/s1. The molecule has 1 atom stereocenters. The average molecular weight is 233 g/mol. The number of nitrogens with one attached hydrogen (secondary N) is 1. The number of benzene rings is 1. The zero-order valence-corrected chi connectivity index (χ0v) is 10.8. The molecule has 3 nitrogen and oxygen atoms in total. The third-order valence-electron chi connectivity index (χ3n) is 2.91. The molecule has 3 heteroatoms. The van der Waals surface area contributed by atoms with E-state index in [9.17, 15) is 4.79 Å². The van der Waals surface area contributed by atoms with Gasteiger partial charge in [0.25, 0.3) is 5.91 Å². The molecule has 0 aromatic heterocycles. The second kappa shape index (κ2) is 4.40. The van der Waals surface area contributed by atoms with E-state index < -0.39 is 0 Å². The number of ether oxygens (including phenoxy) is 1. The summed E-state index contributed by atoms with van der Waals surface area (Å²) >= 11 is 0. The van der Waals surface area contributed by atoms with Crippen molar-refractivity contribution in [2.45, 2.75) is 40.2 Å². The lowest BCUT2D eigenvalue weighted by Crippen LogP contribution is -2.38. The number of anilines is 1. The van der Waals surface area contributed by atoms with Gasteiger partial charge in [-0.1, -0.05) is 19.9 Å². The fourth-order valence-corrected chi connectivity index (χ4v) is 2.20. The summed E-state index contributed by atoms with van der Waals surface area (Å²) in [6.45, 7) is 8.21. The van der Waals surface area contributed by atoms with Gasteiger partial charge in [-0.15, -0.1) is 0 Å². The van der Waals surface area contributed by atoms with Crippen molar-refractivity contribution in [1.82, 2.24) is 0 Å². The maximum Gasteiger partial charge on any atom is 0.265 e. The second-order valence-electron chi connectivity index (χ2n) is 5.18. The van der Waals surface area contributed by atoms with E-state index in [1.165, 1.54) is 0 Å². The molecular weight excluding hydrogens is 214 g/mol. The van der Waals surface area contributed by atoms with Crippen LogP contribution in [0.25, 0.3) is 0 Å². The molecular formula is C14H19NO2. The Morgan fingerprint density at radius 3 is 2.71 bits per heavy atom. The Balaban J connectivity index is 2.31. The van der Waals surface area contributed by atoms with Gasteiger partial charge in [-0.05, 0) is 43.4 Å². The highest BCUT2D eigenvalue weighted by molar-refractivity contribution is 5.98. The van der Waals surface area contributed by atoms with Crippen LogP contribution in [0.1, 0.15) is 31.4 Å². The Morgan fingerprint density at radius 2 is 2.06 bits per heavy atom. The van der Waals surface area contributed by atoms with Crippen LogP contribution in [0.5, 0.6) is 5.75 Å². The summed E-state index contributed by atoms with van der Waals surface area (Å²) in [4.78, 5) is 11.9. The quantitative estimate of drug-likeness (QED) is 0.852. The molecule has 0 unspecified atom stereocenters. The molecule has 0 spiro atoms. The van der Waals surface area contributed by atoms with Crippen molar-refractivity contribution in [1.29, 1.82) is 0 Å². The number of rotatable bonds is 2. The van der Waals surface area contributed by atoms with Crippen LogP contribution in [0.4, 0.5) is 5.69 Å². The minimum absolute atomic E-state index is 0.0313. The van der Waals surface area contributed by atoms with Gasteiger partial charge in [0.2, 0.25) is 0 Å². The Kier molecular flexibility index (Phi) is 3.09. The molecule has 1 aromatic rings. The molecule has 17 heavy (non-hydrogen) atoms. The first-order valence-corrected chi connectivity index (χ1v) is 6.06. The SMILES string of the molecule is Cc1cc(C)c2c(c1)NC(=O)[C@@H](CC(C)C)O2. The summed E-state index contributed by atoms with van der Waals surface area (Å²) in [5.41, 5.74) is 3.01. The molecule has 0 saturated heterocycles. The minimum Gasteiger partial charge on any atom is -0.478 e. The van der Waals surface area contributed by atoms with E-state index in [1.54, 1.807) is 0 Å². The van der Waals surface area contributed by atoms with Gasteiger partial charge < -0.3 is 10.1 Å². The number of hydrogen-bond acceptors (Lipinski definition) is 2. The molecule has 0 radical (unpaired) electrons. The molecule has 0 fully saturated rings. The van der Waals surface area contributed by atoms with E-state index in [-0.39, 0.29) is 12.0 Å². The predicted octanol–water partition coefficient (Wildman–Crippen LogP) is 3.05. The van der Waals surface area contributed by atoms with Crippen molar-refractivity contribution in [3.8, 4) is 5.75 Å². The molecule has 1 amide bonds. The van der Waals surface area contributed by atoms with E-state index in [1.807, 2.05) is 19.9 Å². The summed E-state index contributed by atoms with van der Waals surface area (Å²) in [5.74, 6) is 1.23. The summed E-state index contributed by atoms with van der Waals surface area (Å²) < 4.78 is 5.83. The van der Waals surface area contributed by atoms with Crippen LogP contribution in [-0.4, -0.2) is 12.0 Å². The maximum absolute atomic E-state index is 11.9. The Hall–Kier alpha value is -1.51. The minimum atomic E-state index is -0.357. The molecule has 1 aromatic carbocycles. The number of carbonyl (C=O) groups excluding carboxylic acids is 1. The number of carbonyl (C=O) groups is 1. The highest BCUT2D eigenvalue weighted by Gasteiger charge is 2.29. The molecule has 2 rings (SSSR count). The van der Waals surface area contributed by atoms with Crippen LogP contribution in [-0.2, 0) is 4.79 Å². The van der Waals surface area contributed by atoms with Crippen molar-refractivity contribution in [2.75, 3.05) is 5.32 Å². The highest BCUT2D eigenvalue weighted by Crippen LogP contribution is 2.35. The Morgan fingerprint density at radius 1 is 1.35 bits per heavy atom. The van der Waals surface area contributed by atoms with E-state index in [4.69, 9.17) is 4.74 Å². The summed E-state index contributed by atoms with van der Waals surface area (Å²) in [6.07, 6.45) is 0.391. The first kappa shape index (κ1) is 12.0. The van der Waals surface area contributed by atoms with Crippen molar-refractivity contribution in [3.63, 3.8) is 0 Å². The van der Waals surface area contributed by atoms with Crippen LogP contribution in [0, 0.1) is 19.8 Å². The number of amides is 1. The van der Waals surface area contributed by atoms with Gasteiger partial charge >= 0.3 is 0 Å². The zero-order valence-electron chi connectivity index (χ0n) is 10.8. The van der Waals surface area contributed by atoms with Crippen molar-refractivity contribution >= 4 is 11.6 Å². The van der Waals surface area contributed by atoms with E-state index in [0.717, 1.165) is 29.0 Å². The Bertz CT molecular complexity index is 452. The molecule has 1 aliphatic heterocycles. The van der Waals surface area contributed by atoms with Crippen LogP contribution < -0.4 is 10.1 Å². The molecule has 0 saturated carbocycles. The summed E-state index contributed by atoms with van der Waals surface area (Å²) in [6, 6.07) is 4.02. The maximum atomic E-state index is 11.9. The molecule has 1 aliphatic rings. The smallest absolute Gasteiger partial charge is 0.265 e. The van der Waals surface area contributed by atoms with Crippen molar-refractivity contribution in [2.24, 2.45) is 5.92 Å².